The maximum atomic E-state index is 14.3. The molecular formula is C23H26FN5O5. The molecule has 3 rings (SSSR count). The van der Waals surface area contributed by atoms with Crippen LogP contribution in [0.3, 0.4) is 0 Å². The van der Waals surface area contributed by atoms with Crippen LogP contribution in [0.4, 0.5) is 14.9 Å². The number of nitrogens with zero attached hydrogens (tertiary/aromatic N) is 5. The molecule has 1 saturated carbocycles. The van der Waals surface area contributed by atoms with Crippen LogP contribution >= 0.6 is 0 Å². The van der Waals surface area contributed by atoms with Gasteiger partial charge in [-0.25, -0.2) is 14.0 Å². The summed E-state index contributed by atoms with van der Waals surface area (Å²) in [4.78, 5) is 39.4. The average Bonchev–Trinajstić information content (AvgIpc) is 3.20. The Morgan fingerprint density at radius 2 is 1.79 bits per heavy atom. The van der Waals surface area contributed by atoms with Crippen molar-refractivity contribution in [3.8, 4) is 0 Å². The fourth-order valence-corrected chi connectivity index (χ4v) is 4.00. The summed E-state index contributed by atoms with van der Waals surface area (Å²) in [5.74, 6) is -2.36. The number of anilines is 1. The lowest BCUT2D eigenvalue weighted by Crippen LogP contribution is -2.48. The van der Waals surface area contributed by atoms with Crippen molar-refractivity contribution < 1.29 is 23.8 Å². The summed E-state index contributed by atoms with van der Waals surface area (Å²) in [5.41, 5.74) is -0.860. The van der Waals surface area contributed by atoms with Gasteiger partial charge in [0, 0.05) is 11.7 Å². The summed E-state index contributed by atoms with van der Waals surface area (Å²) >= 11 is 0. The molecule has 11 heteroatoms. The Balaban J connectivity index is 2.03. The van der Waals surface area contributed by atoms with Crippen LogP contribution in [0, 0.1) is 5.92 Å². The second kappa shape index (κ2) is 10.7. The molecular weight excluding hydrogens is 445 g/mol. The highest BCUT2D eigenvalue weighted by atomic mass is 19.1. The molecule has 0 radical (unpaired) electrons. The number of carboxylic acids is 1. The lowest BCUT2D eigenvalue weighted by Gasteiger charge is -2.35. The molecule has 1 amide bonds. The number of halogens is 1. The Bertz CT molecular complexity index is 1180. The number of para-hydroxylation sites is 1. The number of amides is 1. The highest BCUT2D eigenvalue weighted by molar-refractivity contribution is 5.93. The zero-order valence-corrected chi connectivity index (χ0v) is 18.9. The van der Waals surface area contributed by atoms with Crippen LogP contribution in [0.2, 0.25) is 0 Å². The lowest BCUT2D eigenvalue weighted by atomic mass is 9.85. The molecule has 1 aromatic carbocycles. The number of hydrogen-bond donors (Lipinski definition) is 1. The van der Waals surface area contributed by atoms with Crippen LogP contribution < -0.4 is 10.6 Å². The standard InChI is InChI=1S/C23H26FN5O5/c1-4-8-19(34-3)20(15(2)24)28-23(33)29(26-25-28)22(32)27(17-9-6-5-7-10-17)18-13-11-16(12-14-18)21(30)31/h4-10,16,18H,2,11-14H2,1,3H3,(H,30,31)/b8-4-,20-19-. The number of hydrogen-bond acceptors (Lipinski definition) is 6. The largest absolute Gasteiger partial charge is 0.494 e. The van der Waals surface area contributed by atoms with E-state index in [0.29, 0.717) is 40.7 Å². The molecule has 0 unspecified atom stereocenters. The zero-order valence-electron chi connectivity index (χ0n) is 18.9. The topological polar surface area (TPSA) is 120 Å². The highest BCUT2D eigenvalue weighted by Crippen LogP contribution is 2.31. The Hall–Kier alpha value is -4.02. The van der Waals surface area contributed by atoms with E-state index in [2.05, 4.69) is 17.0 Å². The van der Waals surface area contributed by atoms with Crippen LogP contribution in [-0.4, -0.2) is 50.0 Å². The van der Waals surface area contributed by atoms with Crippen molar-refractivity contribution in [3.05, 3.63) is 71.1 Å². The quantitative estimate of drug-likeness (QED) is 0.373. The van der Waals surface area contributed by atoms with Crippen molar-refractivity contribution in [3.63, 3.8) is 0 Å². The van der Waals surface area contributed by atoms with Gasteiger partial charge in [-0.15, -0.1) is 4.68 Å². The zero-order chi connectivity index (χ0) is 24.8. The van der Waals surface area contributed by atoms with Crippen molar-refractivity contribution in [2.45, 2.75) is 38.6 Å². The highest BCUT2D eigenvalue weighted by Gasteiger charge is 2.34. The Labute approximate surface area is 195 Å². The van der Waals surface area contributed by atoms with Crippen molar-refractivity contribution in [2.24, 2.45) is 5.92 Å². The van der Waals surface area contributed by atoms with Gasteiger partial charge in [0.05, 0.1) is 13.0 Å². The number of carboxylic acid groups (broad SMARTS) is 1. The van der Waals surface area contributed by atoms with Gasteiger partial charge < -0.3 is 9.84 Å². The minimum atomic E-state index is -1.00. The predicted octanol–water partition coefficient (Wildman–Crippen LogP) is 3.43. The van der Waals surface area contributed by atoms with Crippen molar-refractivity contribution in [1.82, 2.24) is 19.8 Å². The first-order valence-corrected chi connectivity index (χ1v) is 10.7. The van der Waals surface area contributed by atoms with Gasteiger partial charge >= 0.3 is 17.7 Å². The third kappa shape index (κ3) is 4.98. The Kier molecular flexibility index (Phi) is 7.77. The number of methoxy groups -OCH3 is 1. The van der Waals surface area contributed by atoms with E-state index in [0.717, 1.165) is 0 Å². The molecule has 0 aliphatic heterocycles. The van der Waals surface area contributed by atoms with Crippen LogP contribution in [-0.2, 0) is 9.53 Å². The predicted molar refractivity (Wildman–Crippen MR) is 123 cm³/mol. The van der Waals surface area contributed by atoms with E-state index < -0.39 is 29.4 Å². The van der Waals surface area contributed by atoms with Gasteiger partial charge in [0.2, 0.25) is 0 Å². The third-order valence-corrected chi connectivity index (χ3v) is 5.65. The van der Waals surface area contributed by atoms with Crippen LogP contribution in [0.1, 0.15) is 32.6 Å². The molecule has 1 aliphatic rings. The Morgan fingerprint density at radius 1 is 1.18 bits per heavy atom. The number of benzene rings is 1. The van der Waals surface area contributed by atoms with Crippen molar-refractivity contribution in [1.29, 1.82) is 0 Å². The molecule has 10 nitrogen and oxygen atoms in total. The van der Waals surface area contributed by atoms with Gasteiger partial charge in [0.25, 0.3) is 0 Å². The first-order valence-electron chi connectivity index (χ1n) is 10.7. The lowest BCUT2D eigenvalue weighted by molar-refractivity contribution is -0.142. The molecule has 1 aromatic heterocycles. The summed E-state index contributed by atoms with van der Waals surface area (Å²) in [6, 6.07) is 7.55. The SMILES string of the molecule is C=C(F)/C(=C(\C=C/C)OC)n1nnn(C(=O)N(c2ccccc2)C2CCC(C(=O)O)CC2)c1=O. The molecule has 1 aliphatic carbocycles. The first kappa shape index (κ1) is 24.6. The molecule has 1 fully saturated rings. The number of carbonyl (C=O) groups is 2. The molecule has 34 heavy (non-hydrogen) atoms. The number of ether oxygens (including phenoxy) is 1. The fraction of sp³-hybridized carbons (Fsp3) is 0.348. The summed E-state index contributed by atoms with van der Waals surface area (Å²) in [5, 5.41) is 16.7. The molecule has 180 valence electrons. The van der Waals surface area contributed by atoms with E-state index in [-0.39, 0.29) is 17.5 Å². The molecule has 0 atom stereocenters. The van der Waals surface area contributed by atoms with E-state index >= 15 is 0 Å². The summed E-state index contributed by atoms with van der Waals surface area (Å²) in [7, 11) is 1.30. The van der Waals surface area contributed by atoms with Crippen molar-refractivity contribution >= 4 is 23.4 Å². The van der Waals surface area contributed by atoms with E-state index in [4.69, 9.17) is 4.74 Å². The van der Waals surface area contributed by atoms with E-state index in [9.17, 15) is 23.9 Å². The Morgan fingerprint density at radius 3 is 2.32 bits per heavy atom. The molecule has 0 spiro atoms. The maximum Gasteiger partial charge on any atom is 0.377 e. The molecule has 1 N–H and O–H groups in total. The molecule has 2 aromatic rings. The van der Waals surface area contributed by atoms with E-state index in [1.807, 2.05) is 0 Å². The maximum absolute atomic E-state index is 14.3. The first-order chi connectivity index (χ1) is 16.3. The average molecular weight is 471 g/mol. The number of tetrazole rings is 1. The van der Waals surface area contributed by atoms with Gasteiger partial charge in [-0.05, 0) is 61.2 Å². The number of allylic oxidation sites excluding steroid dienone is 4. The fourth-order valence-electron chi connectivity index (χ4n) is 4.00. The second-order valence-corrected chi connectivity index (χ2v) is 7.74. The monoisotopic (exact) mass is 471 g/mol. The second-order valence-electron chi connectivity index (χ2n) is 7.74. The smallest absolute Gasteiger partial charge is 0.377 e. The molecule has 0 bridgehead atoms. The number of aliphatic carboxylic acids is 1. The third-order valence-electron chi connectivity index (χ3n) is 5.65. The van der Waals surface area contributed by atoms with E-state index in [1.54, 1.807) is 43.3 Å². The van der Waals surface area contributed by atoms with Crippen molar-refractivity contribution in [2.75, 3.05) is 12.0 Å². The number of aromatic nitrogens is 4. The van der Waals surface area contributed by atoms with Crippen LogP contribution in [0.25, 0.3) is 5.70 Å². The number of rotatable bonds is 7. The summed E-state index contributed by atoms with van der Waals surface area (Å²) < 4.78 is 20.6. The summed E-state index contributed by atoms with van der Waals surface area (Å²) in [6.07, 6.45) is 4.66. The van der Waals surface area contributed by atoms with Gasteiger partial charge in [0.1, 0.15) is 17.3 Å². The molecule has 1 heterocycles. The van der Waals surface area contributed by atoms with Gasteiger partial charge in [-0.1, -0.05) is 30.9 Å². The van der Waals surface area contributed by atoms with Gasteiger partial charge in [-0.3, -0.25) is 9.69 Å². The normalized spacial score (nSPS) is 18.9. The minimum absolute atomic E-state index is 0.0245. The summed E-state index contributed by atoms with van der Waals surface area (Å²) in [6.45, 7) is 4.92. The number of carbonyl (C=O) groups excluding carboxylic acids is 1. The van der Waals surface area contributed by atoms with Gasteiger partial charge in [-0.2, -0.15) is 4.68 Å². The minimum Gasteiger partial charge on any atom is -0.494 e. The van der Waals surface area contributed by atoms with E-state index in [1.165, 1.54) is 18.1 Å². The van der Waals surface area contributed by atoms with Gasteiger partial charge in [0.15, 0.2) is 0 Å². The molecule has 0 saturated heterocycles. The van der Waals surface area contributed by atoms with Crippen LogP contribution in [0.15, 0.2) is 65.4 Å². The van der Waals surface area contributed by atoms with Crippen LogP contribution in [0.5, 0.6) is 0 Å².